The van der Waals surface area contributed by atoms with Crippen molar-refractivity contribution in [3.8, 4) is 11.4 Å². The summed E-state index contributed by atoms with van der Waals surface area (Å²) in [5.41, 5.74) is 7.15. The molecule has 0 fully saturated rings. The number of rotatable bonds is 7. The van der Waals surface area contributed by atoms with Crippen LogP contribution in [0.1, 0.15) is 44.6 Å². The average molecular weight is 498 g/mol. The van der Waals surface area contributed by atoms with Crippen molar-refractivity contribution in [3.63, 3.8) is 0 Å². The monoisotopic (exact) mass is 497 g/mol. The van der Waals surface area contributed by atoms with Gasteiger partial charge in [0.1, 0.15) is 5.75 Å². The lowest BCUT2D eigenvalue weighted by molar-refractivity contribution is 0.0526. The van der Waals surface area contributed by atoms with Gasteiger partial charge in [-0.1, -0.05) is 15.9 Å². The van der Waals surface area contributed by atoms with Gasteiger partial charge in [0.2, 0.25) is 0 Å². The first kappa shape index (κ1) is 23.3. The third-order valence-electron chi connectivity index (χ3n) is 4.88. The Morgan fingerprint density at radius 3 is 2.50 bits per heavy atom. The fraction of sp³-hybridized carbons (Fsp3) is 0.208. The summed E-state index contributed by atoms with van der Waals surface area (Å²) in [6.07, 6.45) is 1.61. The van der Waals surface area contributed by atoms with Gasteiger partial charge in [-0.3, -0.25) is 4.79 Å². The second-order valence-electron chi connectivity index (χ2n) is 6.97. The summed E-state index contributed by atoms with van der Waals surface area (Å²) in [5.74, 6) is -0.251. The van der Waals surface area contributed by atoms with Crippen molar-refractivity contribution in [1.29, 1.82) is 0 Å². The smallest absolute Gasteiger partial charge is 0.338 e. The van der Waals surface area contributed by atoms with Crippen molar-refractivity contribution >= 4 is 34.0 Å². The van der Waals surface area contributed by atoms with Gasteiger partial charge in [-0.25, -0.2) is 10.2 Å². The Morgan fingerprint density at radius 1 is 1.12 bits per heavy atom. The van der Waals surface area contributed by atoms with Crippen LogP contribution < -0.4 is 10.2 Å². The molecule has 8 heteroatoms. The molecule has 0 aliphatic carbocycles. The molecule has 0 unspecified atom stereocenters. The number of ether oxygens (including phenoxy) is 2. The highest BCUT2D eigenvalue weighted by Crippen LogP contribution is 2.23. The van der Waals surface area contributed by atoms with Crippen LogP contribution in [-0.2, 0) is 4.74 Å². The Kier molecular flexibility index (Phi) is 7.48. The van der Waals surface area contributed by atoms with E-state index in [0.717, 1.165) is 27.1 Å². The van der Waals surface area contributed by atoms with Gasteiger partial charge in [-0.15, -0.1) is 0 Å². The molecule has 166 valence electrons. The van der Waals surface area contributed by atoms with Gasteiger partial charge in [-0.05, 0) is 69.3 Å². The number of nitrogens with one attached hydrogen (secondary N) is 1. The van der Waals surface area contributed by atoms with Crippen LogP contribution in [0.25, 0.3) is 5.69 Å². The van der Waals surface area contributed by atoms with E-state index < -0.39 is 0 Å². The molecule has 0 aliphatic heterocycles. The van der Waals surface area contributed by atoms with Crippen molar-refractivity contribution in [3.05, 3.63) is 81.1 Å². The first-order valence-corrected chi connectivity index (χ1v) is 10.8. The summed E-state index contributed by atoms with van der Waals surface area (Å²) < 4.78 is 13.1. The van der Waals surface area contributed by atoms with Gasteiger partial charge in [0.25, 0.3) is 5.91 Å². The van der Waals surface area contributed by atoms with Gasteiger partial charge < -0.3 is 14.0 Å². The lowest BCUT2D eigenvalue weighted by Gasteiger charge is -2.10. The molecule has 1 heterocycles. The Morgan fingerprint density at radius 2 is 1.84 bits per heavy atom. The predicted octanol–water partition coefficient (Wildman–Crippen LogP) is 4.81. The first-order valence-electron chi connectivity index (χ1n) is 9.99. The third kappa shape index (κ3) is 5.08. The minimum atomic E-state index is -0.372. The maximum absolute atomic E-state index is 12.5. The topological polar surface area (TPSA) is 81.9 Å². The number of aryl methyl sites for hydroxylation is 1. The number of esters is 1. The lowest BCUT2D eigenvalue weighted by Crippen LogP contribution is -2.18. The van der Waals surface area contributed by atoms with Crippen LogP contribution in [0.2, 0.25) is 0 Å². The van der Waals surface area contributed by atoms with Crippen LogP contribution in [0.15, 0.2) is 58.1 Å². The number of nitrogens with zero attached hydrogens (tertiary/aromatic N) is 2. The minimum absolute atomic E-state index is 0.337. The fourth-order valence-electron chi connectivity index (χ4n) is 3.35. The molecular weight excluding hydrogens is 474 g/mol. The Hall–Kier alpha value is -3.39. The maximum Gasteiger partial charge on any atom is 0.338 e. The summed E-state index contributed by atoms with van der Waals surface area (Å²) in [6.45, 7) is 6.06. The van der Waals surface area contributed by atoms with Crippen LogP contribution in [0, 0.1) is 13.8 Å². The fourth-order valence-corrected chi connectivity index (χ4v) is 3.72. The first-order chi connectivity index (χ1) is 15.3. The minimum Gasteiger partial charge on any atom is -0.496 e. The zero-order valence-electron chi connectivity index (χ0n) is 18.3. The highest BCUT2D eigenvalue weighted by molar-refractivity contribution is 9.10. The zero-order valence-corrected chi connectivity index (χ0v) is 19.9. The molecule has 0 bridgehead atoms. The summed E-state index contributed by atoms with van der Waals surface area (Å²) in [5, 5.41) is 4.12. The molecule has 2 aromatic carbocycles. The molecule has 1 aromatic heterocycles. The van der Waals surface area contributed by atoms with E-state index in [4.69, 9.17) is 9.47 Å². The molecule has 1 N–H and O–H groups in total. The number of aromatic nitrogens is 1. The molecule has 0 saturated heterocycles. The maximum atomic E-state index is 12.5. The Labute approximate surface area is 195 Å². The number of carbonyl (C=O) groups is 2. The van der Waals surface area contributed by atoms with Crippen LogP contribution in [0.3, 0.4) is 0 Å². The number of halogens is 1. The van der Waals surface area contributed by atoms with Crippen LogP contribution in [0.4, 0.5) is 0 Å². The van der Waals surface area contributed by atoms with Crippen LogP contribution >= 0.6 is 15.9 Å². The SMILES string of the molecule is CCOC(=O)c1ccc(-n2c(C)cc(/C=N\NC(=O)c3cc(Br)ccc3OC)c2C)cc1. The van der Waals surface area contributed by atoms with Gasteiger partial charge in [-0.2, -0.15) is 5.10 Å². The van der Waals surface area contributed by atoms with Crippen molar-refractivity contribution in [1.82, 2.24) is 9.99 Å². The van der Waals surface area contributed by atoms with Gasteiger partial charge in [0, 0.05) is 27.1 Å². The number of carbonyl (C=O) groups excluding carboxylic acids is 2. The molecule has 0 radical (unpaired) electrons. The van der Waals surface area contributed by atoms with E-state index in [1.54, 1.807) is 43.5 Å². The number of methoxy groups -OCH3 is 1. The van der Waals surface area contributed by atoms with Crippen molar-refractivity contribution in [2.24, 2.45) is 5.10 Å². The van der Waals surface area contributed by atoms with Crippen molar-refractivity contribution in [2.75, 3.05) is 13.7 Å². The molecule has 3 aromatic rings. The third-order valence-corrected chi connectivity index (χ3v) is 5.38. The second kappa shape index (κ2) is 10.3. The molecule has 3 rings (SSSR count). The number of hydrogen-bond acceptors (Lipinski definition) is 5. The normalized spacial score (nSPS) is 10.9. The number of amides is 1. The summed E-state index contributed by atoms with van der Waals surface area (Å²) in [4.78, 5) is 24.4. The molecule has 1 amide bonds. The molecule has 0 atom stereocenters. The molecule has 0 spiro atoms. The molecular formula is C24H24BrN3O4. The molecule has 32 heavy (non-hydrogen) atoms. The molecule has 0 saturated carbocycles. The van der Waals surface area contributed by atoms with E-state index in [1.807, 2.05) is 32.0 Å². The Bertz CT molecular complexity index is 1170. The largest absolute Gasteiger partial charge is 0.496 e. The average Bonchev–Trinajstić information content (AvgIpc) is 3.06. The van der Waals surface area contributed by atoms with E-state index in [-0.39, 0.29) is 11.9 Å². The van der Waals surface area contributed by atoms with Crippen LogP contribution in [-0.4, -0.2) is 36.4 Å². The van der Waals surface area contributed by atoms with E-state index in [1.165, 1.54) is 7.11 Å². The number of benzene rings is 2. The Balaban J connectivity index is 1.78. The standard InChI is InChI=1S/C24H24BrN3O4/c1-5-32-24(30)17-6-9-20(10-7-17)28-15(2)12-18(16(28)3)14-26-27-23(29)21-13-19(25)8-11-22(21)31-4/h6-14H,5H2,1-4H3,(H,27,29)/b26-14-. The second-order valence-corrected chi connectivity index (χ2v) is 7.89. The molecule has 7 nitrogen and oxygen atoms in total. The summed E-state index contributed by atoms with van der Waals surface area (Å²) >= 11 is 3.36. The summed E-state index contributed by atoms with van der Waals surface area (Å²) in [6, 6.07) is 14.4. The van der Waals surface area contributed by atoms with E-state index >= 15 is 0 Å². The molecule has 0 aliphatic rings. The highest BCUT2D eigenvalue weighted by Gasteiger charge is 2.13. The van der Waals surface area contributed by atoms with Gasteiger partial charge in [0.05, 0.1) is 31.1 Å². The summed E-state index contributed by atoms with van der Waals surface area (Å²) in [7, 11) is 1.51. The lowest BCUT2D eigenvalue weighted by atomic mass is 10.2. The quantitative estimate of drug-likeness (QED) is 0.288. The van der Waals surface area contributed by atoms with Gasteiger partial charge in [0.15, 0.2) is 0 Å². The van der Waals surface area contributed by atoms with Crippen molar-refractivity contribution < 1.29 is 19.1 Å². The zero-order chi connectivity index (χ0) is 23.3. The van der Waals surface area contributed by atoms with E-state index in [2.05, 4.69) is 31.0 Å². The van der Waals surface area contributed by atoms with Crippen molar-refractivity contribution in [2.45, 2.75) is 20.8 Å². The predicted molar refractivity (Wildman–Crippen MR) is 127 cm³/mol. The number of hydrogen-bond donors (Lipinski definition) is 1. The highest BCUT2D eigenvalue weighted by atomic mass is 79.9. The van der Waals surface area contributed by atoms with E-state index in [9.17, 15) is 9.59 Å². The number of hydrazone groups is 1. The van der Waals surface area contributed by atoms with Gasteiger partial charge >= 0.3 is 5.97 Å². The van der Waals surface area contributed by atoms with Crippen LogP contribution in [0.5, 0.6) is 5.75 Å². The van der Waals surface area contributed by atoms with E-state index in [0.29, 0.717) is 23.5 Å².